The van der Waals surface area contributed by atoms with Gasteiger partial charge >= 0.3 is 0 Å². The third kappa shape index (κ3) is 4.77. The Morgan fingerprint density at radius 3 is 2.27 bits per heavy atom. The van der Waals surface area contributed by atoms with Crippen molar-refractivity contribution in [2.75, 3.05) is 4.31 Å². The molecule has 0 radical (unpaired) electrons. The Bertz CT molecular complexity index is 1260. The van der Waals surface area contributed by atoms with E-state index in [0.717, 1.165) is 16.7 Å². The quantitative estimate of drug-likeness (QED) is 0.551. The maximum absolute atomic E-state index is 13.7. The lowest BCUT2D eigenvalue weighted by Crippen LogP contribution is -2.47. The van der Waals surface area contributed by atoms with E-state index in [-0.39, 0.29) is 22.8 Å². The first-order chi connectivity index (χ1) is 15.6. The minimum atomic E-state index is -3.94. The van der Waals surface area contributed by atoms with Crippen molar-refractivity contribution in [1.82, 2.24) is 5.32 Å². The number of anilines is 1. The number of fused-ring (bicyclic) bond motifs is 1. The summed E-state index contributed by atoms with van der Waals surface area (Å²) in [6.07, 6.45) is 0.321. The molecule has 3 aromatic carbocycles. The molecule has 1 aliphatic rings. The lowest BCUT2D eigenvalue weighted by Gasteiger charge is -2.27. The molecule has 1 heterocycles. The first kappa shape index (κ1) is 23.3. The van der Waals surface area contributed by atoms with Gasteiger partial charge in [0.1, 0.15) is 6.04 Å². The Balaban J connectivity index is 1.64. The van der Waals surface area contributed by atoms with Crippen molar-refractivity contribution in [1.29, 1.82) is 0 Å². The Hall–Kier alpha value is -2.83. The van der Waals surface area contributed by atoms with E-state index in [4.69, 9.17) is 11.6 Å². The molecule has 0 aromatic heterocycles. The van der Waals surface area contributed by atoms with Crippen molar-refractivity contribution in [2.45, 2.75) is 50.1 Å². The van der Waals surface area contributed by atoms with E-state index in [1.807, 2.05) is 36.4 Å². The highest BCUT2D eigenvalue weighted by atomic mass is 35.5. The Kier molecular flexibility index (Phi) is 6.25. The van der Waals surface area contributed by atoms with Crippen LogP contribution < -0.4 is 9.62 Å². The molecule has 1 aliphatic heterocycles. The number of halogens is 1. The van der Waals surface area contributed by atoms with Gasteiger partial charge in [-0.1, -0.05) is 74.8 Å². The monoisotopic (exact) mass is 482 g/mol. The number of carbonyl (C=O) groups is 1. The first-order valence-electron chi connectivity index (χ1n) is 10.8. The minimum Gasteiger partial charge on any atom is -0.350 e. The van der Waals surface area contributed by atoms with Gasteiger partial charge in [0, 0.05) is 18.0 Å². The number of benzene rings is 3. The Labute approximate surface area is 200 Å². The van der Waals surface area contributed by atoms with Crippen LogP contribution in [0, 0.1) is 0 Å². The predicted molar refractivity (Wildman–Crippen MR) is 132 cm³/mol. The highest BCUT2D eigenvalue weighted by Crippen LogP contribution is 2.37. The lowest BCUT2D eigenvalue weighted by molar-refractivity contribution is -0.122. The number of hydrogen-bond acceptors (Lipinski definition) is 3. The minimum absolute atomic E-state index is 0.0907. The van der Waals surface area contributed by atoms with Crippen LogP contribution in [0.1, 0.15) is 37.5 Å². The van der Waals surface area contributed by atoms with E-state index >= 15 is 0 Å². The fraction of sp³-hybridized carbons (Fsp3) is 0.269. The molecule has 0 aliphatic carbocycles. The summed E-state index contributed by atoms with van der Waals surface area (Å²) < 4.78 is 28.7. The standard InChI is InChI=1S/C26H27ClN2O3S/c1-26(2,3)20-10-14-22(15-11-20)33(31,32)29-23-7-5-4-6-19(23)16-24(29)25(30)28-17-18-8-12-21(27)13-9-18/h4-15,24H,16-17H2,1-3H3,(H,28,30)/t24-/m0/s1. The van der Waals surface area contributed by atoms with E-state index in [1.165, 1.54) is 4.31 Å². The van der Waals surface area contributed by atoms with Crippen molar-refractivity contribution in [3.8, 4) is 0 Å². The number of sulfonamides is 1. The smallest absolute Gasteiger partial charge is 0.265 e. The second-order valence-electron chi connectivity index (χ2n) is 9.27. The van der Waals surface area contributed by atoms with Crippen molar-refractivity contribution >= 4 is 33.2 Å². The van der Waals surface area contributed by atoms with Gasteiger partial charge in [-0.05, 0) is 52.4 Å². The number of carbonyl (C=O) groups excluding carboxylic acids is 1. The van der Waals surface area contributed by atoms with Crippen LogP contribution in [0.5, 0.6) is 0 Å². The summed E-state index contributed by atoms with van der Waals surface area (Å²) in [5, 5.41) is 3.51. The van der Waals surface area contributed by atoms with Crippen LogP contribution in [-0.4, -0.2) is 20.4 Å². The number of nitrogens with one attached hydrogen (secondary N) is 1. The van der Waals surface area contributed by atoms with Gasteiger partial charge < -0.3 is 5.32 Å². The predicted octanol–water partition coefficient (Wildman–Crippen LogP) is 5.07. The zero-order valence-electron chi connectivity index (χ0n) is 18.9. The van der Waals surface area contributed by atoms with Gasteiger partial charge in [0.2, 0.25) is 5.91 Å². The molecule has 0 saturated carbocycles. The zero-order valence-corrected chi connectivity index (χ0v) is 20.5. The Morgan fingerprint density at radius 1 is 1.00 bits per heavy atom. The SMILES string of the molecule is CC(C)(C)c1ccc(S(=O)(=O)N2c3ccccc3C[C@H]2C(=O)NCc2ccc(Cl)cc2)cc1. The third-order valence-corrected chi connectivity index (χ3v) is 7.97. The number of hydrogen-bond donors (Lipinski definition) is 1. The summed E-state index contributed by atoms with van der Waals surface area (Å²) in [6, 6.07) is 20.5. The number of nitrogens with zero attached hydrogens (tertiary/aromatic N) is 1. The van der Waals surface area contributed by atoms with Crippen molar-refractivity contribution < 1.29 is 13.2 Å². The number of rotatable bonds is 5. The van der Waals surface area contributed by atoms with Gasteiger partial charge in [0.15, 0.2) is 0 Å². The summed E-state index contributed by atoms with van der Waals surface area (Å²) in [7, 11) is -3.94. The summed E-state index contributed by atoms with van der Waals surface area (Å²) in [5.74, 6) is -0.337. The van der Waals surface area contributed by atoms with E-state index < -0.39 is 16.1 Å². The topological polar surface area (TPSA) is 66.5 Å². The largest absolute Gasteiger partial charge is 0.350 e. The van der Waals surface area contributed by atoms with Gasteiger partial charge in [0.05, 0.1) is 10.6 Å². The molecule has 7 heteroatoms. The summed E-state index contributed by atoms with van der Waals surface area (Å²) in [4.78, 5) is 13.4. The molecule has 33 heavy (non-hydrogen) atoms. The van der Waals surface area contributed by atoms with Crippen LogP contribution in [0.15, 0.2) is 77.7 Å². The van der Waals surface area contributed by atoms with Crippen LogP contribution >= 0.6 is 11.6 Å². The molecular weight excluding hydrogens is 456 g/mol. The van der Waals surface area contributed by atoms with Crippen LogP contribution in [0.3, 0.4) is 0 Å². The van der Waals surface area contributed by atoms with Crippen molar-refractivity contribution in [3.63, 3.8) is 0 Å². The molecule has 4 rings (SSSR count). The van der Waals surface area contributed by atoms with Gasteiger partial charge in [-0.25, -0.2) is 8.42 Å². The van der Waals surface area contributed by atoms with Crippen LogP contribution in [0.25, 0.3) is 0 Å². The molecular formula is C26H27ClN2O3S. The maximum atomic E-state index is 13.7. The average molecular weight is 483 g/mol. The number of para-hydroxylation sites is 1. The fourth-order valence-electron chi connectivity index (χ4n) is 4.00. The Morgan fingerprint density at radius 2 is 1.64 bits per heavy atom. The molecule has 0 spiro atoms. The second kappa shape index (κ2) is 8.84. The molecule has 0 fully saturated rings. The van der Waals surface area contributed by atoms with Gasteiger partial charge in [-0.15, -0.1) is 0 Å². The van der Waals surface area contributed by atoms with Crippen LogP contribution in [-0.2, 0) is 33.2 Å². The normalized spacial score (nSPS) is 15.9. The fourth-order valence-corrected chi connectivity index (χ4v) is 5.78. The molecule has 0 bridgehead atoms. The number of amides is 1. The van der Waals surface area contributed by atoms with Gasteiger partial charge in [-0.2, -0.15) is 0 Å². The first-order valence-corrected chi connectivity index (χ1v) is 12.6. The van der Waals surface area contributed by atoms with Gasteiger partial charge in [0.25, 0.3) is 10.0 Å². The maximum Gasteiger partial charge on any atom is 0.265 e. The molecule has 3 aromatic rings. The van der Waals surface area contributed by atoms with Gasteiger partial charge in [-0.3, -0.25) is 9.10 Å². The van der Waals surface area contributed by atoms with Crippen molar-refractivity contribution in [2.24, 2.45) is 0 Å². The molecule has 0 unspecified atom stereocenters. The highest BCUT2D eigenvalue weighted by Gasteiger charge is 2.42. The van der Waals surface area contributed by atoms with E-state index in [2.05, 4.69) is 26.1 Å². The average Bonchev–Trinajstić information content (AvgIpc) is 3.18. The third-order valence-electron chi connectivity index (χ3n) is 5.89. The molecule has 1 N–H and O–H groups in total. The highest BCUT2D eigenvalue weighted by molar-refractivity contribution is 7.93. The van der Waals surface area contributed by atoms with E-state index in [1.54, 1.807) is 36.4 Å². The summed E-state index contributed by atoms with van der Waals surface area (Å²) >= 11 is 5.93. The zero-order chi connectivity index (χ0) is 23.8. The molecule has 1 amide bonds. The van der Waals surface area contributed by atoms with Crippen molar-refractivity contribution in [3.05, 3.63) is 94.5 Å². The van der Waals surface area contributed by atoms with E-state index in [9.17, 15) is 13.2 Å². The second-order valence-corrected chi connectivity index (χ2v) is 11.5. The molecule has 5 nitrogen and oxygen atoms in total. The molecule has 172 valence electrons. The summed E-state index contributed by atoms with van der Waals surface area (Å²) in [5.41, 5.74) is 3.21. The van der Waals surface area contributed by atoms with Crippen LogP contribution in [0.4, 0.5) is 5.69 Å². The lowest BCUT2D eigenvalue weighted by atomic mass is 9.87. The molecule has 0 saturated heterocycles. The van der Waals surface area contributed by atoms with Crippen LogP contribution in [0.2, 0.25) is 5.02 Å². The molecule has 1 atom stereocenters. The summed E-state index contributed by atoms with van der Waals surface area (Å²) in [6.45, 7) is 6.52. The van der Waals surface area contributed by atoms with E-state index in [0.29, 0.717) is 17.1 Å².